The molecule has 1 aliphatic rings. The molecule has 6 heteroatoms. The summed E-state index contributed by atoms with van der Waals surface area (Å²) >= 11 is 6.13. The molecule has 2 rings (SSSR count). The maximum absolute atomic E-state index is 6.13. The van der Waals surface area contributed by atoms with Gasteiger partial charge in [0.05, 0.1) is 6.33 Å². The highest BCUT2D eigenvalue weighted by atomic mass is 35.5. The highest BCUT2D eigenvalue weighted by Crippen LogP contribution is 2.26. The van der Waals surface area contributed by atoms with Crippen LogP contribution in [0.25, 0.3) is 0 Å². The van der Waals surface area contributed by atoms with E-state index in [4.69, 9.17) is 22.1 Å². The third-order valence-electron chi connectivity index (χ3n) is 2.98. The van der Waals surface area contributed by atoms with E-state index in [1.54, 1.807) is 6.33 Å². The van der Waals surface area contributed by atoms with Crippen molar-refractivity contribution in [3.8, 4) is 0 Å². The van der Waals surface area contributed by atoms with E-state index in [0.717, 1.165) is 26.1 Å². The van der Waals surface area contributed by atoms with Crippen LogP contribution in [0.2, 0.25) is 0 Å². The fourth-order valence-electron chi connectivity index (χ4n) is 2.07. The van der Waals surface area contributed by atoms with Crippen molar-refractivity contribution in [2.45, 2.75) is 38.8 Å². The Kier molecular flexibility index (Phi) is 4.24. The zero-order valence-corrected chi connectivity index (χ0v) is 11.5. The molecule has 2 heterocycles. The second kappa shape index (κ2) is 5.71. The molecule has 2 N–H and O–H groups in total. The molecular formula is C12H19ClN4O. The predicted molar refractivity (Wildman–Crippen MR) is 73.3 cm³/mol. The second-order valence-corrected chi connectivity index (χ2v) is 5.10. The lowest BCUT2D eigenvalue weighted by Crippen LogP contribution is -2.20. The summed E-state index contributed by atoms with van der Waals surface area (Å²) in [6.07, 6.45) is 3.66. The first kappa shape index (κ1) is 13.4. The normalized spacial score (nSPS) is 18.6. The first-order chi connectivity index (χ1) is 8.59. The monoisotopic (exact) mass is 270 g/mol. The van der Waals surface area contributed by atoms with Crippen molar-refractivity contribution in [1.82, 2.24) is 9.55 Å². The van der Waals surface area contributed by atoms with Gasteiger partial charge in [0.2, 0.25) is 0 Å². The van der Waals surface area contributed by atoms with Crippen LogP contribution >= 0.6 is 11.6 Å². The fraction of sp³-hybridized carbons (Fsp3) is 0.667. The van der Waals surface area contributed by atoms with Gasteiger partial charge in [-0.1, -0.05) is 11.6 Å². The summed E-state index contributed by atoms with van der Waals surface area (Å²) in [5, 5.41) is 0.383. The lowest BCUT2D eigenvalue weighted by Gasteiger charge is -2.24. The molecule has 100 valence electrons. The quantitative estimate of drug-likeness (QED) is 0.857. The van der Waals surface area contributed by atoms with Crippen molar-refractivity contribution in [3.63, 3.8) is 0 Å². The summed E-state index contributed by atoms with van der Waals surface area (Å²) < 4.78 is 7.33. The number of nitrogens with zero attached hydrogens (tertiary/aromatic N) is 3. The number of ether oxygens (including phenoxy) is 1. The van der Waals surface area contributed by atoms with Gasteiger partial charge in [-0.05, 0) is 26.7 Å². The van der Waals surface area contributed by atoms with E-state index in [-0.39, 0.29) is 6.04 Å². The summed E-state index contributed by atoms with van der Waals surface area (Å²) in [5.41, 5.74) is 6.69. The molecule has 0 amide bonds. The Balaban J connectivity index is 2.22. The number of hydrogen-bond donors (Lipinski definition) is 1. The van der Waals surface area contributed by atoms with E-state index in [1.807, 2.05) is 18.4 Å². The Morgan fingerprint density at radius 3 is 2.83 bits per heavy atom. The van der Waals surface area contributed by atoms with Crippen LogP contribution in [0.1, 0.15) is 38.4 Å². The van der Waals surface area contributed by atoms with Crippen molar-refractivity contribution < 1.29 is 4.74 Å². The highest BCUT2D eigenvalue weighted by molar-refractivity contribution is 6.69. The lowest BCUT2D eigenvalue weighted by atomic mass is 10.1. The summed E-state index contributed by atoms with van der Waals surface area (Å²) in [7, 11) is 0. The van der Waals surface area contributed by atoms with Crippen LogP contribution < -0.4 is 5.73 Å². The molecular weight excluding hydrogens is 252 g/mol. The molecule has 1 aromatic heterocycles. The van der Waals surface area contributed by atoms with Gasteiger partial charge in [-0.15, -0.1) is 0 Å². The number of anilines is 1. The molecule has 0 radical (unpaired) electrons. The minimum atomic E-state index is 0.130. The number of nitrogen functional groups attached to an aromatic ring is 1. The van der Waals surface area contributed by atoms with E-state index in [0.29, 0.717) is 22.7 Å². The Labute approximate surface area is 112 Å². The molecule has 0 saturated carbocycles. The Morgan fingerprint density at radius 2 is 2.22 bits per heavy atom. The molecule has 1 aromatic rings. The van der Waals surface area contributed by atoms with Gasteiger partial charge in [0.1, 0.15) is 11.5 Å². The average molecular weight is 271 g/mol. The molecule has 1 saturated heterocycles. The lowest BCUT2D eigenvalue weighted by molar-refractivity contribution is 0.0701. The third-order valence-corrected chi connectivity index (χ3v) is 3.26. The van der Waals surface area contributed by atoms with Crippen LogP contribution in [0.15, 0.2) is 11.3 Å². The number of aromatic nitrogens is 2. The number of rotatable bonds is 3. The first-order valence-electron chi connectivity index (χ1n) is 6.23. The zero-order chi connectivity index (χ0) is 13.1. The number of imidazole rings is 1. The third kappa shape index (κ3) is 2.84. The van der Waals surface area contributed by atoms with Crippen LogP contribution in [0.5, 0.6) is 0 Å². The van der Waals surface area contributed by atoms with Crippen LogP contribution in [0.3, 0.4) is 0 Å². The Hall–Kier alpha value is -1.07. The molecule has 18 heavy (non-hydrogen) atoms. The van der Waals surface area contributed by atoms with E-state index in [1.165, 1.54) is 0 Å². The summed E-state index contributed by atoms with van der Waals surface area (Å²) in [6.45, 7) is 5.47. The molecule has 0 aromatic carbocycles. The standard InChI is InChI=1S/C12H19ClN4O/c1-8(2)16-11(13)10-12(14)17(7-15-10)9-3-5-18-6-4-9/h7-9H,3-6,14H2,1-2H3. The molecule has 1 aliphatic heterocycles. The van der Waals surface area contributed by atoms with Crippen molar-refractivity contribution in [2.24, 2.45) is 4.99 Å². The number of hydrogen-bond acceptors (Lipinski definition) is 4. The van der Waals surface area contributed by atoms with E-state index in [9.17, 15) is 0 Å². The summed E-state index contributed by atoms with van der Waals surface area (Å²) in [4.78, 5) is 8.55. The molecule has 0 bridgehead atoms. The topological polar surface area (TPSA) is 65.4 Å². The fourth-order valence-corrected chi connectivity index (χ4v) is 2.41. The smallest absolute Gasteiger partial charge is 0.153 e. The first-order valence-corrected chi connectivity index (χ1v) is 6.61. The van der Waals surface area contributed by atoms with E-state index in [2.05, 4.69) is 9.98 Å². The van der Waals surface area contributed by atoms with Gasteiger partial charge in [0.15, 0.2) is 5.17 Å². The molecule has 5 nitrogen and oxygen atoms in total. The van der Waals surface area contributed by atoms with Gasteiger partial charge in [-0.3, -0.25) is 4.99 Å². The number of aliphatic imine (C=N–C) groups is 1. The van der Waals surface area contributed by atoms with Crippen molar-refractivity contribution >= 4 is 22.6 Å². The summed E-state index contributed by atoms with van der Waals surface area (Å²) in [6, 6.07) is 0.480. The van der Waals surface area contributed by atoms with Gasteiger partial charge in [-0.2, -0.15) is 0 Å². The Bertz CT molecular complexity index is 435. The molecule has 0 atom stereocenters. The largest absolute Gasteiger partial charge is 0.383 e. The second-order valence-electron chi connectivity index (χ2n) is 4.74. The van der Waals surface area contributed by atoms with Gasteiger partial charge in [0, 0.05) is 25.3 Å². The maximum Gasteiger partial charge on any atom is 0.153 e. The van der Waals surface area contributed by atoms with Crippen LogP contribution in [-0.2, 0) is 4.74 Å². The minimum Gasteiger partial charge on any atom is -0.383 e. The van der Waals surface area contributed by atoms with Gasteiger partial charge < -0.3 is 15.0 Å². The molecule has 0 spiro atoms. The van der Waals surface area contributed by atoms with E-state index >= 15 is 0 Å². The SMILES string of the molecule is CC(C)N=C(Cl)c1ncn(C2CCOCC2)c1N. The van der Waals surface area contributed by atoms with Crippen molar-refractivity contribution in [3.05, 3.63) is 12.0 Å². The van der Waals surface area contributed by atoms with Gasteiger partial charge in [-0.25, -0.2) is 4.98 Å². The molecule has 1 fully saturated rings. The highest BCUT2D eigenvalue weighted by Gasteiger charge is 2.20. The number of nitrogens with two attached hydrogens (primary N) is 1. The van der Waals surface area contributed by atoms with E-state index < -0.39 is 0 Å². The van der Waals surface area contributed by atoms with Crippen LogP contribution in [-0.4, -0.2) is 34.0 Å². The number of halogens is 1. The van der Waals surface area contributed by atoms with Gasteiger partial charge >= 0.3 is 0 Å². The predicted octanol–water partition coefficient (Wildman–Crippen LogP) is 2.21. The maximum atomic E-state index is 6.13. The summed E-state index contributed by atoms with van der Waals surface area (Å²) in [5.74, 6) is 0.594. The average Bonchev–Trinajstić information content (AvgIpc) is 2.71. The minimum absolute atomic E-state index is 0.130. The molecule has 0 unspecified atom stereocenters. The van der Waals surface area contributed by atoms with Crippen molar-refractivity contribution in [2.75, 3.05) is 18.9 Å². The van der Waals surface area contributed by atoms with Crippen LogP contribution in [0.4, 0.5) is 5.82 Å². The zero-order valence-electron chi connectivity index (χ0n) is 10.8. The van der Waals surface area contributed by atoms with Crippen molar-refractivity contribution in [1.29, 1.82) is 0 Å². The Morgan fingerprint density at radius 1 is 1.56 bits per heavy atom. The van der Waals surface area contributed by atoms with Gasteiger partial charge in [0.25, 0.3) is 0 Å². The molecule has 0 aliphatic carbocycles. The van der Waals surface area contributed by atoms with Crippen LogP contribution in [0, 0.1) is 0 Å².